The van der Waals surface area contributed by atoms with Crippen molar-refractivity contribution in [3.63, 3.8) is 0 Å². The lowest BCUT2D eigenvalue weighted by molar-refractivity contribution is 0.582. The third-order valence-electron chi connectivity index (χ3n) is 1.72. The monoisotopic (exact) mass is 159 g/mol. The molecule has 0 saturated heterocycles. The van der Waals surface area contributed by atoms with Crippen LogP contribution < -0.4 is 5.73 Å². The third kappa shape index (κ3) is 1.19. The number of nitrogen functional groups attached to an aromatic ring is 1. The van der Waals surface area contributed by atoms with Crippen LogP contribution in [0.25, 0.3) is 11.3 Å². The van der Waals surface area contributed by atoms with Gasteiger partial charge in [-0.1, -0.05) is 0 Å². The molecule has 1 heterocycles. The van der Waals surface area contributed by atoms with Crippen molar-refractivity contribution >= 4 is 5.69 Å². The summed E-state index contributed by atoms with van der Waals surface area (Å²) in [5.41, 5.74) is 7.37. The van der Waals surface area contributed by atoms with E-state index in [1.165, 1.54) is 0 Å². The van der Waals surface area contributed by atoms with Gasteiger partial charge in [-0.15, -0.1) is 0 Å². The molecule has 0 amide bonds. The second-order valence-electron chi connectivity index (χ2n) is 2.60. The van der Waals surface area contributed by atoms with E-state index in [4.69, 9.17) is 10.2 Å². The Bertz CT molecular complexity index is 348. The lowest BCUT2D eigenvalue weighted by Gasteiger charge is -1.96. The minimum absolute atomic E-state index is 0.769. The van der Waals surface area contributed by atoms with Crippen LogP contribution in [0.4, 0.5) is 5.69 Å². The van der Waals surface area contributed by atoms with Gasteiger partial charge in [0.25, 0.3) is 0 Å². The Hall–Kier alpha value is -1.70. The van der Waals surface area contributed by atoms with Gasteiger partial charge < -0.3 is 10.2 Å². The second kappa shape index (κ2) is 2.74. The number of hydrogen-bond acceptors (Lipinski definition) is 2. The van der Waals surface area contributed by atoms with E-state index in [2.05, 4.69) is 0 Å². The zero-order chi connectivity index (χ0) is 8.39. The number of anilines is 1. The highest BCUT2D eigenvalue weighted by Crippen LogP contribution is 2.20. The summed E-state index contributed by atoms with van der Waals surface area (Å²) in [4.78, 5) is 0. The second-order valence-corrected chi connectivity index (χ2v) is 2.60. The molecular formula is C10H9NO. The molecule has 2 heteroatoms. The lowest BCUT2D eigenvalue weighted by Crippen LogP contribution is -1.82. The number of nitrogens with two attached hydrogens (primary N) is 1. The molecule has 0 saturated carbocycles. The Balaban J connectivity index is 2.43. The van der Waals surface area contributed by atoms with Crippen LogP contribution in [0.5, 0.6) is 0 Å². The SMILES string of the molecule is Nc1ccc(-c2ccco2)cc1. The standard InChI is InChI=1S/C10H9NO/c11-9-5-3-8(4-6-9)10-2-1-7-12-10/h1-7H,11H2. The molecule has 0 radical (unpaired) electrons. The average molecular weight is 159 g/mol. The van der Waals surface area contributed by atoms with E-state index < -0.39 is 0 Å². The maximum atomic E-state index is 5.55. The van der Waals surface area contributed by atoms with Crippen molar-refractivity contribution in [2.45, 2.75) is 0 Å². The first-order chi connectivity index (χ1) is 5.86. The van der Waals surface area contributed by atoms with Gasteiger partial charge in [0.15, 0.2) is 0 Å². The molecule has 0 atom stereocenters. The average Bonchev–Trinajstić information content (AvgIpc) is 2.58. The fourth-order valence-electron chi connectivity index (χ4n) is 1.09. The van der Waals surface area contributed by atoms with Gasteiger partial charge in [0.05, 0.1) is 6.26 Å². The molecule has 0 unspecified atom stereocenters. The Labute approximate surface area is 70.6 Å². The molecule has 0 aliphatic heterocycles. The van der Waals surface area contributed by atoms with Crippen LogP contribution in [0.15, 0.2) is 47.1 Å². The van der Waals surface area contributed by atoms with E-state index in [0.29, 0.717) is 0 Å². The van der Waals surface area contributed by atoms with Gasteiger partial charge in [0.1, 0.15) is 5.76 Å². The zero-order valence-corrected chi connectivity index (χ0v) is 6.53. The summed E-state index contributed by atoms with van der Waals surface area (Å²) in [5.74, 6) is 0.870. The predicted molar refractivity (Wildman–Crippen MR) is 48.6 cm³/mol. The van der Waals surface area contributed by atoms with E-state index in [1.807, 2.05) is 36.4 Å². The largest absolute Gasteiger partial charge is 0.464 e. The fourth-order valence-corrected chi connectivity index (χ4v) is 1.09. The first-order valence-corrected chi connectivity index (χ1v) is 3.76. The maximum Gasteiger partial charge on any atom is 0.133 e. The van der Waals surface area contributed by atoms with Crippen LogP contribution in [0.1, 0.15) is 0 Å². The zero-order valence-electron chi connectivity index (χ0n) is 6.53. The molecule has 2 rings (SSSR count). The molecule has 2 nitrogen and oxygen atoms in total. The quantitative estimate of drug-likeness (QED) is 0.649. The van der Waals surface area contributed by atoms with Crippen molar-refractivity contribution in [1.82, 2.24) is 0 Å². The lowest BCUT2D eigenvalue weighted by atomic mass is 10.1. The van der Waals surface area contributed by atoms with E-state index in [0.717, 1.165) is 17.0 Å². The van der Waals surface area contributed by atoms with Gasteiger partial charge in [0.2, 0.25) is 0 Å². The number of rotatable bonds is 1. The summed E-state index contributed by atoms with van der Waals surface area (Å²) in [7, 11) is 0. The molecule has 0 fully saturated rings. The van der Waals surface area contributed by atoms with Gasteiger partial charge in [-0.2, -0.15) is 0 Å². The predicted octanol–water partition coefficient (Wildman–Crippen LogP) is 2.53. The smallest absolute Gasteiger partial charge is 0.133 e. The molecule has 2 aromatic rings. The summed E-state index contributed by atoms with van der Waals surface area (Å²) in [6.45, 7) is 0. The summed E-state index contributed by atoms with van der Waals surface area (Å²) < 4.78 is 5.22. The highest BCUT2D eigenvalue weighted by molar-refractivity contribution is 5.60. The van der Waals surface area contributed by atoms with Crippen LogP contribution in [0.3, 0.4) is 0 Å². The Morgan fingerprint density at radius 3 is 2.33 bits per heavy atom. The summed E-state index contributed by atoms with van der Waals surface area (Å²) >= 11 is 0. The first kappa shape index (κ1) is 6.98. The molecule has 0 bridgehead atoms. The Morgan fingerprint density at radius 1 is 1.00 bits per heavy atom. The van der Waals surface area contributed by atoms with Crippen LogP contribution >= 0.6 is 0 Å². The summed E-state index contributed by atoms with van der Waals surface area (Å²) in [6.07, 6.45) is 1.66. The van der Waals surface area contributed by atoms with E-state index >= 15 is 0 Å². The van der Waals surface area contributed by atoms with Crippen molar-refractivity contribution in [2.75, 3.05) is 5.73 Å². The van der Waals surface area contributed by atoms with Gasteiger partial charge in [0, 0.05) is 11.3 Å². The number of furan rings is 1. The molecular weight excluding hydrogens is 150 g/mol. The molecule has 0 aliphatic rings. The van der Waals surface area contributed by atoms with E-state index in [9.17, 15) is 0 Å². The fraction of sp³-hybridized carbons (Fsp3) is 0. The highest BCUT2D eigenvalue weighted by Gasteiger charge is 1.97. The van der Waals surface area contributed by atoms with Gasteiger partial charge >= 0.3 is 0 Å². The maximum absolute atomic E-state index is 5.55. The number of benzene rings is 1. The highest BCUT2D eigenvalue weighted by atomic mass is 16.3. The molecule has 0 spiro atoms. The minimum atomic E-state index is 0.769. The van der Waals surface area contributed by atoms with Crippen LogP contribution in [-0.4, -0.2) is 0 Å². The van der Waals surface area contributed by atoms with Gasteiger partial charge in [-0.05, 0) is 36.4 Å². The molecule has 1 aromatic carbocycles. The minimum Gasteiger partial charge on any atom is -0.464 e. The molecule has 1 aromatic heterocycles. The molecule has 0 aliphatic carbocycles. The normalized spacial score (nSPS) is 10.0. The van der Waals surface area contributed by atoms with Crippen LogP contribution in [0.2, 0.25) is 0 Å². The summed E-state index contributed by atoms with van der Waals surface area (Å²) in [6, 6.07) is 11.4. The van der Waals surface area contributed by atoms with E-state index in [1.54, 1.807) is 6.26 Å². The molecule has 2 N–H and O–H groups in total. The van der Waals surface area contributed by atoms with E-state index in [-0.39, 0.29) is 0 Å². The Kier molecular flexibility index (Phi) is 1.59. The third-order valence-corrected chi connectivity index (χ3v) is 1.72. The van der Waals surface area contributed by atoms with Gasteiger partial charge in [-0.25, -0.2) is 0 Å². The molecule has 60 valence electrons. The number of hydrogen-bond donors (Lipinski definition) is 1. The first-order valence-electron chi connectivity index (χ1n) is 3.76. The van der Waals surface area contributed by atoms with Crippen molar-refractivity contribution in [3.8, 4) is 11.3 Å². The van der Waals surface area contributed by atoms with Crippen molar-refractivity contribution in [2.24, 2.45) is 0 Å². The van der Waals surface area contributed by atoms with Crippen molar-refractivity contribution < 1.29 is 4.42 Å². The topological polar surface area (TPSA) is 39.2 Å². The van der Waals surface area contributed by atoms with Crippen molar-refractivity contribution in [1.29, 1.82) is 0 Å². The molecule has 12 heavy (non-hydrogen) atoms. The van der Waals surface area contributed by atoms with Crippen LogP contribution in [0, 0.1) is 0 Å². The van der Waals surface area contributed by atoms with Crippen LogP contribution in [-0.2, 0) is 0 Å². The Morgan fingerprint density at radius 2 is 1.75 bits per heavy atom. The summed E-state index contributed by atoms with van der Waals surface area (Å²) in [5, 5.41) is 0. The van der Waals surface area contributed by atoms with Gasteiger partial charge in [-0.3, -0.25) is 0 Å². The van der Waals surface area contributed by atoms with Crippen molar-refractivity contribution in [3.05, 3.63) is 42.7 Å².